The van der Waals surface area contributed by atoms with E-state index in [-0.39, 0.29) is 11.9 Å². The smallest absolute Gasteiger partial charge is 0.255 e. The molecule has 1 aliphatic heterocycles. The molecule has 0 radical (unpaired) electrons. The largest absolute Gasteiger partial charge is 0.336 e. The van der Waals surface area contributed by atoms with Crippen LogP contribution in [0.5, 0.6) is 0 Å². The topological polar surface area (TPSA) is 36.4 Å². The van der Waals surface area contributed by atoms with Crippen LogP contribution >= 0.6 is 0 Å². The van der Waals surface area contributed by atoms with Gasteiger partial charge in [-0.1, -0.05) is 54.1 Å². The molecule has 29 heavy (non-hydrogen) atoms. The van der Waals surface area contributed by atoms with Crippen LogP contribution in [0.4, 0.5) is 0 Å². The van der Waals surface area contributed by atoms with Crippen molar-refractivity contribution in [1.29, 1.82) is 0 Å². The molecule has 4 rings (SSSR count). The lowest BCUT2D eigenvalue weighted by Crippen LogP contribution is -2.50. The number of amides is 1. The van der Waals surface area contributed by atoms with Gasteiger partial charge in [0, 0.05) is 38.6 Å². The molecule has 2 aromatic carbocycles. The Bertz CT molecular complexity index is 964. The maximum Gasteiger partial charge on any atom is 0.255 e. The molecule has 1 fully saturated rings. The molecule has 0 spiro atoms. The molecular formula is C25H27N3O. The number of carbonyl (C=O) groups is 1. The number of carbonyl (C=O) groups excluding carboxylic acids is 1. The Morgan fingerprint density at radius 3 is 2.38 bits per heavy atom. The van der Waals surface area contributed by atoms with Crippen LogP contribution in [-0.4, -0.2) is 46.9 Å². The predicted octanol–water partition coefficient (Wildman–Crippen LogP) is 4.25. The second kappa shape index (κ2) is 8.58. The van der Waals surface area contributed by atoms with Crippen molar-refractivity contribution < 1.29 is 4.79 Å². The molecule has 4 heteroatoms. The summed E-state index contributed by atoms with van der Waals surface area (Å²) >= 11 is 0. The van der Waals surface area contributed by atoms with Gasteiger partial charge < -0.3 is 4.90 Å². The minimum Gasteiger partial charge on any atom is -0.336 e. The fourth-order valence-corrected chi connectivity index (χ4v) is 4.13. The maximum absolute atomic E-state index is 12.8. The summed E-state index contributed by atoms with van der Waals surface area (Å²) in [6.07, 6.45) is 3.35. The summed E-state index contributed by atoms with van der Waals surface area (Å²) in [4.78, 5) is 21.3. The Hall–Kier alpha value is -2.98. The highest BCUT2D eigenvalue weighted by Gasteiger charge is 2.29. The van der Waals surface area contributed by atoms with Crippen LogP contribution in [-0.2, 0) is 0 Å². The first-order valence-electron chi connectivity index (χ1n) is 10.2. The van der Waals surface area contributed by atoms with Crippen molar-refractivity contribution in [3.8, 4) is 0 Å². The zero-order valence-corrected chi connectivity index (χ0v) is 17.1. The van der Waals surface area contributed by atoms with Gasteiger partial charge in [0.05, 0.1) is 11.6 Å². The molecule has 148 valence electrons. The summed E-state index contributed by atoms with van der Waals surface area (Å²) in [6, 6.07) is 21.2. The lowest BCUT2D eigenvalue weighted by atomic mass is 9.92. The molecule has 1 atom stereocenters. The molecule has 1 amide bonds. The van der Waals surface area contributed by atoms with Gasteiger partial charge in [0.15, 0.2) is 0 Å². The summed E-state index contributed by atoms with van der Waals surface area (Å²) in [7, 11) is 0. The fraction of sp³-hybridized carbons (Fsp3) is 0.280. The summed E-state index contributed by atoms with van der Waals surface area (Å²) in [5.74, 6) is 0.0701. The second-order valence-corrected chi connectivity index (χ2v) is 7.74. The Morgan fingerprint density at radius 2 is 1.69 bits per heavy atom. The van der Waals surface area contributed by atoms with Gasteiger partial charge >= 0.3 is 0 Å². The normalized spacial score (nSPS) is 15.9. The van der Waals surface area contributed by atoms with Crippen LogP contribution in [0, 0.1) is 13.8 Å². The van der Waals surface area contributed by atoms with Crippen LogP contribution in [0.25, 0.3) is 0 Å². The Morgan fingerprint density at radius 1 is 0.931 bits per heavy atom. The second-order valence-electron chi connectivity index (χ2n) is 7.74. The van der Waals surface area contributed by atoms with Gasteiger partial charge in [0.1, 0.15) is 0 Å². The number of aryl methyl sites for hydroxylation is 2. The van der Waals surface area contributed by atoms with Crippen molar-refractivity contribution in [3.63, 3.8) is 0 Å². The maximum atomic E-state index is 12.8. The zero-order chi connectivity index (χ0) is 20.2. The van der Waals surface area contributed by atoms with Crippen LogP contribution in [0.2, 0.25) is 0 Å². The van der Waals surface area contributed by atoms with E-state index in [0.717, 1.165) is 26.2 Å². The molecule has 0 saturated carbocycles. The van der Waals surface area contributed by atoms with Gasteiger partial charge in [0.25, 0.3) is 5.91 Å². The number of nitrogens with zero attached hydrogens (tertiary/aromatic N) is 3. The van der Waals surface area contributed by atoms with E-state index in [1.807, 2.05) is 17.0 Å². The van der Waals surface area contributed by atoms with Crippen LogP contribution in [0.1, 0.15) is 38.7 Å². The number of hydrogen-bond acceptors (Lipinski definition) is 3. The van der Waals surface area contributed by atoms with Gasteiger partial charge in [-0.25, -0.2) is 0 Å². The molecule has 0 unspecified atom stereocenters. The van der Waals surface area contributed by atoms with E-state index in [2.05, 4.69) is 72.3 Å². The van der Waals surface area contributed by atoms with Crippen LogP contribution < -0.4 is 0 Å². The molecule has 0 bridgehead atoms. The van der Waals surface area contributed by atoms with E-state index in [1.165, 1.54) is 22.3 Å². The quantitative estimate of drug-likeness (QED) is 0.674. The first-order valence-corrected chi connectivity index (χ1v) is 10.2. The molecule has 1 aliphatic rings. The van der Waals surface area contributed by atoms with E-state index in [0.29, 0.717) is 5.56 Å². The van der Waals surface area contributed by atoms with Gasteiger partial charge in [-0.05, 0) is 42.7 Å². The summed E-state index contributed by atoms with van der Waals surface area (Å²) in [5, 5.41) is 0. The Kier molecular flexibility index (Phi) is 5.72. The number of benzene rings is 2. The molecule has 1 saturated heterocycles. The summed E-state index contributed by atoms with van der Waals surface area (Å²) in [5.41, 5.74) is 5.89. The zero-order valence-electron chi connectivity index (χ0n) is 17.1. The monoisotopic (exact) mass is 385 g/mol. The molecule has 2 heterocycles. The Balaban J connectivity index is 1.57. The highest BCUT2D eigenvalue weighted by atomic mass is 16.2. The highest BCUT2D eigenvalue weighted by Crippen LogP contribution is 2.32. The van der Waals surface area contributed by atoms with Gasteiger partial charge in [-0.2, -0.15) is 0 Å². The Labute approximate surface area is 172 Å². The number of piperazine rings is 1. The average molecular weight is 386 g/mol. The minimum atomic E-state index is 0.0701. The van der Waals surface area contributed by atoms with Crippen molar-refractivity contribution in [2.45, 2.75) is 19.9 Å². The average Bonchev–Trinajstić information content (AvgIpc) is 2.78. The highest BCUT2D eigenvalue weighted by molar-refractivity contribution is 5.93. The predicted molar refractivity (Wildman–Crippen MR) is 116 cm³/mol. The number of rotatable bonds is 4. The molecule has 4 nitrogen and oxygen atoms in total. The third-order valence-electron chi connectivity index (χ3n) is 5.72. The third kappa shape index (κ3) is 4.22. The standard InChI is InChI=1S/C25H27N3O/c1-19-10-11-20(2)23(17-19)24(21-7-4-3-5-8-21)27-13-15-28(16-14-27)25(29)22-9-6-12-26-18-22/h3-12,17-18,24H,13-16H2,1-2H3/t24-/m1/s1. The molecule has 0 N–H and O–H groups in total. The molecule has 3 aromatic rings. The fourth-order valence-electron chi connectivity index (χ4n) is 4.13. The van der Waals surface area contributed by atoms with Crippen molar-refractivity contribution in [2.75, 3.05) is 26.2 Å². The number of pyridine rings is 1. The van der Waals surface area contributed by atoms with E-state index in [9.17, 15) is 4.79 Å². The van der Waals surface area contributed by atoms with E-state index >= 15 is 0 Å². The molecule has 0 aliphatic carbocycles. The minimum absolute atomic E-state index is 0.0701. The third-order valence-corrected chi connectivity index (χ3v) is 5.72. The summed E-state index contributed by atoms with van der Waals surface area (Å²) < 4.78 is 0. The lowest BCUT2D eigenvalue weighted by molar-refractivity contribution is 0.0596. The molecular weight excluding hydrogens is 358 g/mol. The first kappa shape index (κ1) is 19.3. The van der Waals surface area contributed by atoms with Crippen LogP contribution in [0.3, 0.4) is 0 Å². The lowest BCUT2D eigenvalue weighted by Gasteiger charge is -2.40. The van der Waals surface area contributed by atoms with E-state index in [4.69, 9.17) is 0 Å². The summed E-state index contributed by atoms with van der Waals surface area (Å²) in [6.45, 7) is 7.48. The van der Waals surface area contributed by atoms with Crippen molar-refractivity contribution in [3.05, 3.63) is 101 Å². The van der Waals surface area contributed by atoms with Crippen molar-refractivity contribution >= 4 is 5.91 Å². The van der Waals surface area contributed by atoms with Crippen LogP contribution in [0.15, 0.2) is 73.1 Å². The van der Waals surface area contributed by atoms with E-state index < -0.39 is 0 Å². The van der Waals surface area contributed by atoms with E-state index in [1.54, 1.807) is 12.4 Å². The van der Waals surface area contributed by atoms with Crippen molar-refractivity contribution in [2.24, 2.45) is 0 Å². The van der Waals surface area contributed by atoms with Gasteiger partial charge in [-0.15, -0.1) is 0 Å². The van der Waals surface area contributed by atoms with Crippen molar-refractivity contribution in [1.82, 2.24) is 14.8 Å². The van der Waals surface area contributed by atoms with Gasteiger partial charge in [-0.3, -0.25) is 14.7 Å². The SMILES string of the molecule is Cc1ccc(C)c([C@@H](c2ccccc2)N2CCN(C(=O)c3cccnc3)CC2)c1. The number of aromatic nitrogens is 1. The first-order chi connectivity index (χ1) is 14.1. The van der Waals surface area contributed by atoms with Gasteiger partial charge in [0.2, 0.25) is 0 Å². The molecule has 1 aromatic heterocycles. The number of hydrogen-bond donors (Lipinski definition) is 0.